The minimum atomic E-state index is -3.58. The van der Waals surface area contributed by atoms with Crippen molar-refractivity contribution in [3.8, 4) is 0 Å². The standard InChI is InChI=1S/C14H22ClN3O2S/c1-2-18-7-5-11(6-8-18)10-17-21(19,20)14-4-3-12(16)9-13(14)15/h3-4,9,11,17H,2,5-8,10,16H2,1H3. The molecule has 5 nitrogen and oxygen atoms in total. The highest BCUT2D eigenvalue weighted by molar-refractivity contribution is 7.89. The van der Waals surface area contributed by atoms with Gasteiger partial charge < -0.3 is 10.6 Å². The zero-order chi connectivity index (χ0) is 15.5. The summed E-state index contributed by atoms with van der Waals surface area (Å²) >= 11 is 5.97. The first kappa shape index (κ1) is 16.5. The maximum atomic E-state index is 12.3. The molecule has 2 rings (SSSR count). The van der Waals surface area contributed by atoms with Crippen molar-refractivity contribution >= 4 is 27.3 Å². The van der Waals surface area contributed by atoms with E-state index < -0.39 is 10.0 Å². The summed E-state index contributed by atoms with van der Waals surface area (Å²) in [5.74, 6) is 0.384. The predicted octanol–water partition coefficient (Wildman–Crippen LogP) is 1.93. The molecule has 7 heteroatoms. The number of rotatable bonds is 5. The number of hydrogen-bond acceptors (Lipinski definition) is 4. The number of sulfonamides is 1. The fraction of sp³-hybridized carbons (Fsp3) is 0.571. The average Bonchev–Trinajstić information content (AvgIpc) is 2.45. The molecule has 1 aromatic rings. The lowest BCUT2D eigenvalue weighted by Gasteiger charge is -2.31. The maximum Gasteiger partial charge on any atom is 0.242 e. The summed E-state index contributed by atoms with van der Waals surface area (Å²) in [5, 5.41) is 0.156. The summed E-state index contributed by atoms with van der Waals surface area (Å²) in [7, 11) is -3.58. The number of nitrogens with two attached hydrogens (primary N) is 1. The zero-order valence-corrected chi connectivity index (χ0v) is 13.8. The van der Waals surface area contributed by atoms with Crippen molar-refractivity contribution in [2.75, 3.05) is 31.9 Å². The van der Waals surface area contributed by atoms with Crippen molar-refractivity contribution in [2.24, 2.45) is 5.92 Å². The summed E-state index contributed by atoms with van der Waals surface area (Å²) in [5.41, 5.74) is 6.03. The third-order valence-corrected chi connectivity index (χ3v) is 5.87. The molecular formula is C14H22ClN3O2S. The molecule has 0 radical (unpaired) electrons. The predicted molar refractivity (Wildman–Crippen MR) is 85.9 cm³/mol. The van der Waals surface area contributed by atoms with Crippen LogP contribution in [0.5, 0.6) is 0 Å². The second kappa shape index (κ2) is 6.96. The van der Waals surface area contributed by atoms with Crippen LogP contribution in [0.3, 0.4) is 0 Å². The van der Waals surface area contributed by atoms with Crippen molar-refractivity contribution in [3.63, 3.8) is 0 Å². The van der Waals surface area contributed by atoms with Crippen LogP contribution < -0.4 is 10.5 Å². The van der Waals surface area contributed by atoms with Gasteiger partial charge in [-0.2, -0.15) is 0 Å². The van der Waals surface area contributed by atoms with Crippen LogP contribution in [0.1, 0.15) is 19.8 Å². The number of anilines is 1. The molecule has 0 bridgehead atoms. The van der Waals surface area contributed by atoms with Crippen LogP contribution in [-0.2, 0) is 10.0 Å². The Morgan fingerprint density at radius 2 is 2.05 bits per heavy atom. The highest BCUT2D eigenvalue weighted by Crippen LogP contribution is 2.24. The Hall–Kier alpha value is -0.820. The first-order valence-electron chi connectivity index (χ1n) is 7.19. The second-order valence-corrected chi connectivity index (χ2v) is 7.56. The van der Waals surface area contributed by atoms with E-state index in [-0.39, 0.29) is 9.92 Å². The molecule has 1 aliphatic heterocycles. The van der Waals surface area contributed by atoms with Crippen molar-refractivity contribution in [1.82, 2.24) is 9.62 Å². The van der Waals surface area contributed by atoms with Crippen LogP contribution in [0.4, 0.5) is 5.69 Å². The summed E-state index contributed by atoms with van der Waals surface area (Å²) < 4.78 is 27.2. The van der Waals surface area contributed by atoms with E-state index in [2.05, 4.69) is 16.5 Å². The fourth-order valence-corrected chi connectivity index (χ4v) is 4.21. The van der Waals surface area contributed by atoms with Gasteiger partial charge in [-0.05, 0) is 56.6 Å². The third-order valence-electron chi connectivity index (χ3n) is 3.96. The van der Waals surface area contributed by atoms with Crippen LogP contribution in [0.2, 0.25) is 5.02 Å². The molecule has 1 heterocycles. The molecule has 21 heavy (non-hydrogen) atoms. The molecule has 3 N–H and O–H groups in total. The van der Waals surface area contributed by atoms with Gasteiger partial charge in [0.15, 0.2) is 0 Å². The first-order chi connectivity index (χ1) is 9.92. The van der Waals surface area contributed by atoms with E-state index in [9.17, 15) is 8.42 Å². The second-order valence-electron chi connectivity index (χ2n) is 5.42. The molecule has 0 unspecified atom stereocenters. The molecule has 0 atom stereocenters. The van der Waals surface area contributed by atoms with Gasteiger partial charge in [0.1, 0.15) is 4.90 Å². The van der Waals surface area contributed by atoms with E-state index in [0.717, 1.165) is 32.5 Å². The molecule has 1 aromatic carbocycles. The minimum absolute atomic E-state index is 0.0874. The molecule has 118 valence electrons. The fourth-order valence-electron chi connectivity index (χ4n) is 2.55. The number of piperidine rings is 1. The van der Waals surface area contributed by atoms with E-state index in [0.29, 0.717) is 18.2 Å². The molecule has 1 aliphatic rings. The largest absolute Gasteiger partial charge is 0.399 e. The lowest BCUT2D eigenvalue weighted by molar-refractivity contribution is 0.194. The van der Waals surface area contributed by atoms with E-state index >= 15 is 0 Å². The first-order valence-corrected chi connectivity index (χ1v) is 9.05. The Labute approximate surface area is 131 Å². The molecule has 1 fully saturated rings. The summed E-state index contributed by atoms with van der Waals surface area (Å²) in [4.78, 5) is 2.46. The minimum Gasteiger partial charge on any atom is -0.399 e. The Morgan fingerprint density at radius 3 is 2.62 bits per heavy atom. The number of likely N-dealkylation sites (tertiary alicyclic amines) is 1. The number of benzene rings is 1. The lowest BCUT2D eigenvalue weighted by atomic mass is 9.97. The molecular weight excluding hydrogens is 310 g/mol. The summed E-state index contributed by atoms with van der Waals surface area (Å²) in [6.07, 6.45) is 2.04. The number of halogens is 1. The van der Waals surface area contributed by atoms with Crippen molar-refractivity contribution in [2.45, 2.75) is 24.7 Å². The zero-order valence-electron chi connectivity index (χ0n) is 12.2. The molecule has 0 aliphatic carbocycles. The smallest absolute Gasteiger partial charge is 0.242 e. The van der Waals surface area contributed by atoms with E-state index in [1.807, 2.05) is 0 Å². The van der Waals surface area contributed by atoms with E-state index in [1.165, 1.54) is 12.1 Å². The number of hydrogen-bond donors (Lipinski definition) is 2. The summed E-state index contributed by atoms with van der Waals surface area (Å²) in [6, 6.07) is 4.44. The lowest BCUT2D eigenvalue weighted by Crippen LogP contribution is -2.38. The van der Waals surface area contributed by atoms with Gasteiger partial charge in [0, 0.05) is 12.2 Å². The Balaban J connectivity index is 1.96. The quantitative estimate of drug-likeness (QED) is 0.808. The summed E-state index contributed by atoms with van der Waals surface area (Å²) in [6.45, 7) is 5.73. The van der Waals surface area contributed by atoms with Crippen LogP contribution in [0.25, 0.3) is 0 Å². The average molecular weight is 332 g/mol. The molecule has 0 spiro atoms. The Bertz CT molecular complexity index is 584. The monoisotopic (exact) mass is 331 g/mol. The van der Waals surface area contributed by atoms with Gasteiger partial charge in [-0.3, -0.25) is 0 Å². The van der Waals surface area contributed by atoms with Crippen LogP contribution in [0.15, 0.2) is 23.1 Å². The molecule has 0 amide bonds. The van der Waals surface area contributed by atoms with Gasteiger partial charge in [0.25, 0.3) is 0 Å². The van der Waals surface area contributed by atoms with E-state index in [4.69, 9.17) is 17.3 Å². The van der Waals surface area contributed by atoms with Gasteiger partial charge >= 0.3 is 0 Å². The third kappa shape index (κ3) is 4.32. The highest BCUT2D eigenvalue weighted by atomic mass is 35.5. The number of nitrogen functional groups attached to an aromatic ring is 1. The van der Waals surface area contributed by atoms with Crippen LogP contribution in [-0.4, -0.2) is 39.5 Å². The number of nitrogens with one attached hydrogen (secondary N) is 1. The Kier molecular flexibility index (Phi) is 5.48. The topological polar surface area (TPSA) is 75.4 Å². The molecule has 1 saturated heterocycles. The van der Waals surface area contributed by atoms with Crippen molar-refractivity contribution in [1.29, 1.82) is 0 Å². The van der Waals surface area contributed by atoms with Crippen molar-refractivity contribution < 1.29 is 8.42 Å². The normalized spacial score (nSPS) is 18.0. The molecule has 0 aromatic heterocycles. The van der Waals surface area contributed by atoms with Crippen LogP contribution >= 0.6 is 11.6 Å². The van der Waals surface area contributed by atoms with Crippen LogP contribution in [0, 0.1) is 5.92 Å². The van der Waals surface area contributed by atoms with Gasteiger partial charge in [-0.1, -0.05) is 18.5 Å². The van der Waals surface area contributed by atoms with Gasteiger partial charge in [-0.25, -0.2) is 13.1 Å². The maximum absolute atomic E-state index is 12.3. The Morgan fingerprint density at radius 1 is 1.38 bits per heavy atom. The highest BCUT2D eigenvalue weighted by Gasteiger charge is 2.22. The SMILES string of the molecule is CCN1CCC(CNS(=O)(=O)c2ccc(N)cc2Cl)CC1. The van der Waals surface area contributed by atoms with Gasteiger partial charge in [-0.15, -0.1) is 0 Å². The van der Waals surface area contributed by atoms with E-state index in [1.54, 1.807) is 6.07 Å². The number of nitrogens with zero attached hydrogens (tertiary/aromatic N) is 1. The van der Waals surface area contributed by atoms with Crippen molar-refractivity contribution in [3.05, 3.63) is 23.2 Å². The van der Waals surface area contributed by atoms with Gasteiger partial charge in [0.2, 0.25) is 10.0 Å². The molecule has 0 saturated carbocycles. The van der Waals surface area contributed by atoms with Gasteiger partial charge in [0.05, 0.1) is 5.02 Å².